The van der Waals surface area contributed by atoms with Gasteiger partial charge in [-0.1, -0.05) is 65.9 Å². The molecule has 1 aliphatic heterocycles. The molecule has 0 saturated carbocycles. The van der Waals surface area contributed by atoms with Gasteiger partial charge in [-0.05, 0) is 73.2 Å². The summed E-state index contributed by atoms with van der Waals surface area (Å²) in [5.74, 6) is 0. The second-order valence-electron chi connectivity index (χ2n) is 9.90. The first-order chi connectivity index (χ1) is 18.6. The summed E-state index contributed by atoms with van der Waals surface area (Å²) in [6.07, 6.45) is 7.52. The summed E-state index contributed by atoms with van der Waals surface area (Å²) in [5, 5.41) is 0. The van der Waals surface area contributed by atoms with E-state index < -0.39 is 0 Å². The van der Waals surface area contributed by atoms with E-state index in [9.17, 15) is 4.79 Å². The highest BCUT2D eigenvalue weighted by Crippen LogP contribution is 2.41. The monoisotopic (exact) mass is 514 g/mol. The van der Waals surface area contributed by atoms with Crippen molar-refractivity contribution in [2.75, 3.05) is 0 Å². The summed E-state index contributed by atoms with van der Waals surface area (Å²) in [5.41, 5.74) is 10.1. The van der Waals surface area contributed by atoms with Crippen molar-refractivity contribution < 1.29 is 0 Å². The van der Waals surface area contributed by atoms with Crippen LogP contribution in [0.15, 0.2) is 101 Å². The van der Waals surface area contributed by atoms with Gasteiger partial charge in [0, 0.05) is 23.1 Å². The molecule has 4 heterocycles. The van der Waals surface area contributed by atoms with Crippen molar-refractivity contribution in [3.05, 3.63) is 144 Å². The van der Waals surface area contributed by atoms with Gasteiger partial charge in [-0.2, -0.15) is 0 Å². The second kappa shape index (κ2) is 8.92. The van der Waals surface area contributed by atoms with E-state index in [1.165, 1.54) is 28.0 Å². The minimum absolute atomic E-state index is 0.0131. The number of aromatic nitrogens is 3. The van der Waals surface area contributed by atoms with Crippen LogP contribution in [-0.2, 0) is 6.42 Å². The third-order valence-corrected chi connectivity index (χ3v) is 8.63. The summed E-state index contributed by atoms with van der Waals surface area (Å²) in [7, 11) is 0. The van der Waals surface area contributed by atoms with E-state index in [0.29, 0.717) is 4.53 Å². The Labute approximate surface area is 224 Å². The van der Waals surface area contributed by atoms with Crippen LogP contribution < -0.4 is 14.9 Å². The lowest BCUT2D eigenvalue weighted by atomic mass is 9.83. The summed E-state index contributed by atoms with van der Waals surface area (Å²) in [6, 6.07) is 24.9. The average Bonchev–Trinajstić information content (AvgIpc) is 3.42. The van der Waals surface area contributed by atoms with Crippen LogP contribution in [0.25, 0.3) is 17.5 Å². The Balaban J connectivity index is 1.45. The molecule has 0 radical (unpaired) electrons. The number of benzene rings is 2. The number of pyridine rings is 1. The van der Waals surface area contributed by atoms with Gasteiger partial charge in [-0.15, -0.1) is 0 Å². The molecule has 0 fully saturated rings. The van der Waals surface area contributed by atoms with E-state index in [2.05, 4.69) is 78.0 Å². The van der Waals surface area contributed by atoms with Crippen LogP contribution in [0.1, 0.15) is 46.1 Å². The number of thiazole rings is 1. The second-order valence-corrected chi connectivity index (χ2v) is 10.9. The zero-order valence-corrected chi connectivity index (χ0v) is 22.1. The first-order valence-electron chi connectivity index (χ1n) is 12.9. The van der Waals surface area contributed by atoms with E-state index in [0.717, 1.165) is 51.5 Å². The topological polar surface area (TPSA) is 52.2 Å². The van der Waals surface area contributed by atoms with E-state index in [1.807, 2.05) is 35.0 Å². The maximum atomic E-state index is 14.0. The van der Waals surface area contributed by atoms with E-state index in [-0.39, 0.29) is 11.6 Å². The summed E-state index contributed by atoms with van der Waals surface area (Å²) >= 11 is 1.48. The third kappa shape index (κ3) is 3.56. The van der Waals surface area contributed by atoms with Crippen LogP contribution in [0.3, 0.4) is 0 Å². The van der Waals surface area contributed by atoms with Crippen molar-refractivity contribution in [1.82, 2.24) is 14.1 Å². The maximum Gasteiger partial charge on any atom is 0.271 e. The van der Waals surface area contributed by atoms with Crippen molar-refractivity contribution in [2.24, 2.45) is 4.99 Å². The van der Waals surface area contributed by atoms with Crippen molar-refractivity contribution in [1.29, 1.82) is 0 Å². The molecule has 0 unspecified atom stereocenters. The lowest BCUT2D eigenvalue weighted by molar-refractivity contribution is 0.585. The highest BCUT2D eigenvalue weighted by molar-refractivity contribution is 7.07. The Morgan fingerprint density at radius 3 is 2.61 bits per heavy atom. The summed E-state index contributed by atoms with van der Waals surface area (Å²) in [4.78, 5) is 24.2. The fourth-order valence-corrected chi connectivity index (χ4v) is 6.91. The fraction of sp³-hybridized carbons (Fsp3) is 0.156. The first kappa shape index (κ1) is 22.9. The third-order valence-electron chi connectivity index (χ3n) is 7.65. The molecule has 0 saturated heterocycles. The van der Waals surface area contributed by atoms with Crippen molar-refractivity contribution >= 4 is 23.1 Å². The van der Waals surface area contributed by atoms with Gasteiger partial charge in [-0.25, -0.2) is 4.99 Å². The van der Waals surface area contributed by atoms with Crippen LogP contribution in [0.2, 0.25) is 0 Å². The first-order valence-corrected chi connectivity index (χ1v) is 13.7. The minimum atomic E-state index is -0.152. The molecule has 0 amide bonds. The zero-order chi connectivity index (χ0) is 25.8. The average molecular weight is 515 g/mol. The Morgan fingerprint density at radius 1 is 0.974 bits per heavy atom. The van der Waals surface area contributed by atoms with Crippen molar-refractivity contribution in [3.63, 3.8) is 0 Å². The van der Waals surface area contributed by atoms with Crippen molar-refractivity contribution in [3.8, 4) is 5.69 Å². The van der Waals surface area contributed by atoms with Gasteiger partial charge in [0.25, 0.3) is 5.56 Å². The number of fused-ring (bicyclic) bond motifs is 3. The molecule has 0 spiro atoms. The number of allylic oxidation sites excluding steroid dienone is 1. The Bertz CT molecular complexity index is 1910. The largest absolute Gasteiger partial charge is 0.316 e. The quantitative estimate of drug-likeness (QED) is 0.336. The standard InChI is InChI=1S/C32H26N4OS/c1-20-17-24(21(2)35(20)25-12-8-16-33-19-25)18-28-31(37)36-30(23-10-4-3-5-11-23)27-15-14-22-9-6-7-13-26(22)29(27)34-32(36)38-28/h3-13,16-19,30H,14-15H2,1-2H3/b28-18-/t30-/m1/s1. The van der Waals surface area contributed by atoms with Gasteiger partial charge in [0.15, 0.2) is 4.80 Å². The highest BCUT2D eigenvalue weighted by atomic mass is 32.1. The van der Waals surface area contributed by atoms with E-state index >= 15 is 0 Å². The SMILES string of the molecule is Cc1cc(/C=c2\sc3n(c2=O)[C@H](c2ccccc2)C2=C(N=3)c3ccccc3CC2)c(C)n1-c1cccnc1. The number of nitrogens with zero attached hydrogens (tertiary/aromatic N) is 4. The van der Waals surface area contributed by atoms with Gasteiger partial charge in [0.05, 0.1) is 28.2 Å². The minimum Gasteiger partial charge on any atom is -0.316 e. The Morgan fingerprint density at radius 2 is 1.79 bits per heavy atom. The molecule has 5 aromatic rings. The molecule has 6 heteroatoms. The van der Waals surface area contributed by atoms with Crippen molar-refractivity contribution in [2.45, 2.75) is 32.7 Å². The van der Waals surface area contributed by atoms with Crippen LogP contribution in [0.4, 0.5) is 0 Å². The molecule has 3 aromatic heterocycles. The predicted octanol–water partition coefficient (Wildman–Crippen LogP) is 5.12. The lowest BCUT2D eigenvalue weighted by Crippen LogP contribution is -2.38. The molecule has 7 rings (SSSR count). The Hall–Kier alpha value is -4.29. The highest BCUT2D eigenvalue weighted by Gasteiger charge is 2.32. The molecular formula is C32H26N4OS. The van der Waals surface area contributed by atoms with Crippen LogP contribution in [0, 0.1) is 13.8 Å². The maximum absolute atomic E-state index is 14.0. The normalized spacial score (nSPS) is 16.6. The van der Waals surface area contributed by atoms with Gasteiger partial charge >= 0.3 is 0 Å². The molecule has 0 N–H and O–H groups in total. The van der Waals surface area contributed by atoms with E-state index in [1.54, 1.807) is 6.20 Å². The molecular weight excluding hydrogens is 488 g/mol. The number of hydrogen-bond donors (Lipinski definition) is 0. The summed E-state index contributed by atoms with van der Waals surface area (Å²) < 4.78 is 4.79. The van der Waals surface area contributed by atoms with Gasteiger partial charge in [-0.3, -0.25) is 14.3 Å². The molecule has 1 atom stereocenters. The number of rotatable bonds is 3. The zero-order valence-electron chi connectivity index (χ0n) is 21.3. The number of aryl methyl sites for hydroxylation is 2. The smallest absolute Gasteiger partial charge is 0.271 e. The molecule has 5 nitrogen and oxygen atoms in total. The molecule has 2 aromatic carbocycles. The van der Waals surface area contributed by atoms with E-state index in [4.69, 9.17) is 4.99 Å². The van der Waals surface area contributed by atoms with Gasteiger partial charge in [0.1, 0.15) is 0 Å². The fourth-order valence-electron chi connectivity index (χ4n) is 5.92. The molecule has 2 aliphatic rings. The predicted molar refractivity (Wildman–Crippen MR) is 152 cm³/mol. The van der Waals surface area contributed by atoms with Gasteiger partial charge < -0.3 is 4.57 Å². The molecule has 1 aliphatic carbocycles. The van der Waals surface area contributed by atoms with Gasteiger partial charge in [0.2, 0.25) is 0 Å². The Kier molecular flexibility index (Phi) is 5.37. The molecule has 38 heavy (non-hydrogen) atoms. The molecule has 186 valence electrons. The van der Waals surface area contributed by atoms with Crippen LogP contribution >= 0.6 is 11.3 Å². The van der Waals surface area contributed by atoms with Crippen LogP contribution in [-0.4, -0.2) is 14.1 Å². The summed E-state index contributed by atoms with van der Waals surface area (Å²) in [6.45, 7) is 4.17. The lowest BCUT2D eigenvalue weighted by Gasteiger charge is -2.30. The number of hydrogen-bond acceptors (Lipinski definition) is 4. The molecule has 0 bridgehead atoms. The van der Waals surface area contributed by atoms with Crippen LogP contribution in [0.5, 0.6) is 0 Å².